The lowest BCUT2D eigenvalue weighted by molar-refractivity contribution is 0.461. The fourth-order valence-electron chi connectivity index (χ4n) is 2.06. The summed E-state index contributed by atoms with van der Waals surface area (Å²) in [6.45, 7) is 7.98. The Balaban J connectivity index is 1.98. The molecule has 3 nitrogen and oxygen atoms in total. The van der Waals surface area contributed by atoms with Crippen LogP contribution in [-0.2, 0) is 23.1 Å². The summed E-state index contributed by atoms with van der Waals surface area (Å²) >= 11 is 0. The quantitative estimate of drug-likeness (QED) is 0.845. The van der Waals surface area contributed by atoms with Crippen LogP contribution in [0.2, 0.25) is 0 Å². The minimum absolute atomic E-state index is 0.424. The molecule has 0 fully saturated rings. The molecular formula is C17H23NO2S. The molecule has 0 aliphatic rings. The van der Waals surface area contributed by atoms with Crippen LogP contribution in [0.4, 0.5) is 0 Å². The molecule has 1 unspecified atom stereocenters. The van der Waals surface area contributed by atoms with Gasteiger partial charge in [0, 0.05) is 4.90 Å². The first-order valence-corrected chi connectivity index (χ1v) is 8.68. The van der Waals surface area contributed by atoms with E-state index in [0.29, 0.717) is 18.2 Å². The van der Waals surface area contributed by atoms with E-state index < -0.39 is 10.8 Å². The maximum Gasteiger partial charge on any atom is 0.118 e. The third kappa shape index (κ3) is 4.55. The largest absolute Gasteiger partial charge is 0.464 e. The molecule has 1 atom stereocenters. The van der Waals surface area contributed by atoms with Gasteiger partial charge in [-0.1, -0.05) is 32.9 Å². The molecule has 0 aliphatic heterocycles. The van der Waals surface area contributed by atoms with Gasteiger partial charge in [-0.2, -0.15) is 0 Å². The highest BCUT2D eigenvalue weighted by Crippen LogP contribution is 2.19. The molecule has 114 valence electrons. The molecule has 0 spiro atoms. The Morgan fingerprint density at radius 3 is 2.38 bits per heavy atom. The van der Waals surface area contributed by atoms with Gasteiger partial charge in [-0.15, -0.1) is 0 Å². The molecule has 1 aromatic carbocycles. The lowest BCUT2D eigenvalue weighted by Gasteiger charge is -2.06. The second-order valence-corrected chi connectivity index (χ2v) is 6.81. The zero-order valence-electron chi connectivity index (χ0n) is 12.9. The number of hydrogen-bond acceptors (Lipinski definition) is 3. The van der Waals surface area contributed by atoms with Gasteiger partial charge in [-0.05, 0) is 42.3 Å². The zero-order chi connectivity index (χ0) is 15.2. The first kappa shape index (κ1) is 16.0. The van der Waals surface area contributed by atoms with Gasteiger partial charge in [0.2, 0.25) is 0 Å². The Bertz CT molecular complexity index is 587. The van der Waals surface area contributed by atoms with Crippen molar-refractivity contribution in [3.05, 3.63) is 53.5 Å². The second kappa shape index (κ2) is 7.57. The maximum absolute atomic E-state index is 12.4. The number of hydrogen-bond donors (Lipinski definition) is 1. The van der Waals surface area contributed by atoms with E-state index >= 15 is 0 Å². The Morgan fingerprint density at radius 2 is 1.76 bits per heavy atom. The van der Waals surface area contributed by atoms with E-state index in [2.05, 4.69) is 38.2 Å². The molecule has 0 radical (unpaired) electrons. The van der Waals surface area contributed by atoms with Crippen molar-refractivity contribution in [3.8, 4) is 0 Å². The number of nitrogens with one attached hydrogen (secondary N) is 1. The average molecular weight is 305 g/mol. The predicted octanol–water partition coefficient (Wildman–Crippen LogP) is 3.82. The number of benzene rings is 1. The molecule has 1 aromatic heterocycles. The van der Waals surface area contributed by atoms with Crippen molar-refractivity contribution >= 4 is 10.8 Å². The Morgan fingerprint density at radius 1 is 1.10 bits per heavy atom. The van der Waals surface area contributed by atoms with E-state index in [4.69, 9.17) is 4.42 Å². The summed E-state index contributed by atoms with van der Waals surface area (Å²) in [6.07, 6.45) is 0. The van der Waals surface area contributed by atoms with Crippen molar-refractivity contribution in [1.82, 2.24) is 5.32 Å². The minimum Gasteiger partial charge on any atom is -0.464 e. The van der Waals surface area contributed by atoms with Crippen LogP contribution in [0.1, 0.15) is 43.8 Å². The van der Waals surface area contributed by atoms with Crippen LogP contribution in [0.3, 0.4) is 0 Å². The van der Waals surface area contributed by atoms with Crippen LogP contribution >= 0.6 is 0 Å². The minimum atomic E-state index is -1.06. The zero-order valence-corrected chi connectivity index (χ0v) is 13.7. The SMILES string of the molecule is CCNCc1ccc(CS(=O)c2ccc(C(C)C)cc2)o1. The van der Waals surface area contributed by atoms with Gasteiger partial charge in [0.25, 0.3) is 0 Å². The summed E-state index contributed by atoms with van der Waals surface area (Å²) in [5, 5.41) is 3.21. The molecule has 0 aliphatic carbocycles. The maximum atomic E-state index is 12.4. The van der Waals surface area contributed by atoms with Gasteiger partial charge in [0.1, 0.15) is 11.5 Å². The van der Waals surface area contributed by atoms with Crippen molar-refractivity contribution in [3.63, 3.8) is 0 Å². The van der Waals surface area contributed by atoms with Crippen molar-refractivity contribution in [2.45, 2.75) is 43.9 Å². The van der Waals surface area contributed by atoms with Gasteiger partial charge in [-0.3, -0.25) is 4.21 Å². The van der Waals surface area contributed by atoms with Crippen LogP contribution < -0.4 is 5.32 Å². The smallest absolute Gasteiger partial charge is 0.118 e. The molecule has 1 heterocycles. The lowest BCUT2D eigenvalue weighted by Crippen LogP contribution is -2.10. The number of rotatable bonds is 7. The highest BCUT2D eigenvalue weighted by atomic mass is 32.2. The summed E-state index contributed by atoms with van der Waals surface area (Å²) in [6, 6.07) is 11.9. The summed E-state index contributed by atoms with van der Waals surface area (Å²) in [7, 11) is -1.06. The van der Waals surface area contributed by atoms with E-state index in [1.165, 1.54) is 5.56 Å². The molecule has 4 heteroatoms. The topological polar surface area (TPSA) is 42.2 Å². The summed E-state index contributed by atoms with van der Waals surface area (Å²) in [4.78, 5) is 0.851. The van der Waals surface area contributed by atoms with Crippen molar-refractivity contribution in [2.75, 3.05) is 6.54 Å². The first-order valence-electron chi connectivity index (χ1n) is 7.36. The van der Waals surface area contributed by atoms with Gasteiger partial charge < -0.3 is 9.73 Å². The van der Waals surface area contributed by atoms with E-state index in [0.717, 1.165) is 23.0 Å². The predicted molar refractivity (Wildman–Crippen MR) is 86.7 cm³/mol. The second-order valence-electron chi connectivity index (χ2n) is 5.36. The first-order chi connectivity index (χ1) is 10.1. The molecule has 0 amide bonds. The monoisotopic (exact) mass is 305 g/mol. The summed E-state index contributed by atoms with van der Waals surface area (Å²) < 4.78 is 18.0. The third-order valence-electron chi connectivity index (χ3n) is 3.35. The molecule has 0 saturated carbocycles. The summed E-state index contributed by atoms with van der Waals surface area (Å²) in [5.74, 6) is 2.58. The fraction of sp³-hybridized carbons (Fsp3) is 0.412. The Hall–Kier alpha value is -1.39. The standard InChI is InChI=1S/C17H23NO2S/c1-4-18-11-15-7-8-16(20-15)12-21(19)17-9-5-14(6-10-17)13(2)3/h5-10,13,18H,4,11-12H2,1-3H3. The van der Waals surface area contributed by atoms with Crippen molar-refractivity contribution < 1.29 is 8.63 Å². The molecular weight excluding hydrogens is 282 g/mol. The fourth-order valence-corrected chi connectivity index (χ4v) is 3.08. The molecule has 2 aromatic rings. The molecule has 2 rings (SSSR count). The third-order valence-corrected chi connectivity index (χ3v) is 4.69. The summed E-state index contributed by atoms with van der Waals surface area (Å²) in [5.41, 5.74) is 1.27. The highest BCUT2D eigenvalue weighted by molar-refractivity contribution is 7.84. The Labute approximate surface area is 129 Å². The number of furan rings is 1. The van der Waals surface area contributed by atoms with Crippen molar-refractivity contribution in [2.24, 2.45) is 0 Å². The molecule has 0 saturated heterocycles. The molecule has 1 N–H and O–H groups in total. The van der Waals surface area contributed by atoms with Gasteiger partial charge >= 0.3 is 0 Å². The van der Waals surface area contributed by atoms with E-state index in [1.54, 1.807) is 0 Å². The lowest BCUT2D eigenvalue weighted by atomic mass is 10.0. The average Bonchev–Trinajstić information content (AvgIpc) is 2.92. The van der Waals surface area contributed by atoms with Gasteiger partial charge in [0.05, 0.1) is 23.1 Å². The van der Waals surface area contributed by atoms with Crippen LogP contribution in [0.25, 0.3) is 0 Å². The van der Waals surface area contributed by atoms with Gasteiger partial charge in [0.15, 0.2) is 0 Å². The van der Waals surface area contributed by atoms with Crippen LogP contribution in [0, 0.1) is 0 Å². The van der Waals surface area contributed by atoms with E-state index in [-0.39, 0.29) is 0 Å². The van der Waals surface area contributed by atoms with Gasteiger partial charge in [-0.25, -0.2) is 0 Å². The van der Waals surface area contributed by atoms with Crippen molar-refractivity contribution in [1.29, 1.82) is 0 Å². The van der Waals surface area contributed by atoms with Crippen LogP contribution in [0.5, 0.6) is 0 Å². The Kier molecular flexibility index (Phi) is 5.76. The van der Waals surface area contributed by atoms with E-state index in [1.807, 2.05) is 24.3 Å². The van der Waals surface area contributed by atoms with E-state index in [9.17, 15) is 4.21 Å². The normalized spacial score (nSPS) is 12.8. The molecule has 0 bridgehead atoms. The highest BCUT2D eigenvalue weighted by Gasteiger charge is 2.09. The molecule has 21 heavy (non-hydrogen) atoms. The van der Waals surface area contributed by atoms with Crippen LogP contribution in [0.15, 0.2) is 45.7 Å². The van der Waals surface area contributed by atoms with Crippen LogP contribution in [-0.4, -0.2) is 10.8 Å².